The van der Waals surface area contributed by atoms with Crippen molar-refractivity contribution < 1.29 is 9.53 Å². The molecule has 1 aromatic heterocycles. The number of hydrogen-bond acceptors (Lipinski definition) is 5. The summed E-state index contributed by atoms with van der Waals surface area (Å²) in [6.07, 6.45) is 6.90. The average molecular weight is 313 g/mol. The standard InChI is InChI=1S/C16H15N3O2S/c1-3-8-21-15-7-5-4-6-13(15)10-17-19-16(20)9-14-11-22-12(2)18-14/h1,4-7,10-11H,8-9H2,2H3,(H,19,20)/b17-10-. The van der Waals surface area contributed by atoms with Crippen molar-refractivity contribution in [2.45, 2.75) is 13.3 Å². The lowest BCUT2D eigenvalue weighted by Gasteiger charge is -2.05. The van der Waals surface area contributed by atoms with E-state index in [4.69, 9.17) is 11.2 Å². The third kappa shape index (κ3) is 4.72. The first-order valence-corrected chi connectivity index (χ1v) is 7.45. The molecule has 1 aromatic carbocycles. The van der Waals surface area contributed by atoms with Crippen LogP contribution in [0, 0.1) is 19.3 Å². The number of para-hydroxylation sites is 1. The Balaban J connectivity index is 1.92. The van der Waals surface area contributed by atoms with Crippen molar-refractivity contribution in [1.82, 2.24) is 10.4 Å². The van der Waals surface area contributed by atoms with Crippen molar-refractivity contribution in [1.29, 1.82) is 0 Å². The summed E-state index contributed by atoms with van der Waals surface area (Å²) >= 11 is 1.51. The average Bonchev–Trinajstić information content (AvgIpc) is 2.91. The largest absolute Gasteiger partial charge is 0.480 e. The molecule has 5 nitrogen and oxygen atoms in total. The minimum absolute atomic E-state index is 0.181. The molecule has 112 valence electrons. The van der Waals surface area contributed by atoms with E-state index in [0.717, 1.165) is 16.3 Å². The Hall–Kier alpha value is -2.65. The number of ether oxygens (including phenoxy) is 1. The van der Waals surface area contributed by atoms with Crippen LogP contribution in [-0.2, 0) is 11.2 Å². The molecule has 1 N–H and O–H groups in total. The number of carbonyl (C=O) groups excluding carboxylic acids is 1. The Morgan fingerprint density at radius 2 is 2.36 bits per heavy atom. The summed E-state index contributed by atoms with van der Waals surface area (Å²) in [5.41, 5.74) is 3.95. The zero-order chi connectivity index (χ0) is 15.8. The minimum atomic E-state index is -0.219. The van der Waals surface area contributed by atoms with Crippen LogP contribution in [0.15, 0.2) is 34.7 Å². The summed E-state index contributed by atoms with van der Waals surface area (Å²) in [6, 6.07) is 7.31. The molecule has 0 atom stereocenters. The van der Waals surface area contributed by atoms with Gasteiger partial charge in [-0.05, 0) is 19.1 Å². The van der Waals surface area contributed by atoms with E-state index < -0.39 is 0 Å². The van der Waals surface area contributed by atoms with Gasteiger partial charge in [0.1, 0.15) is 12.4 Å². The number of thiazole rings is 1. The van der Waals surface area contributed by atoms with E-state index in [0.29, 0.717) is 5.75 Å². The number of hydrogen-bond donors (Lipinski definition) is 1. The van der Waals surface area contributed by atoms with Crippen molar-refractivity contribution in [3.63, 3.8) is 0 Å². The smallest absolute Gasteiger partial charge is 0.246 e. The van der Waals surface area contributed by atoms with E-state index in [9.17, 15) is 4.79 Å². The molecule has 0 unspecified atom stereocenters. The third-order valence-electron chi connectivity index (χ3n) is 2.63. The van der Waals surface area contributed by atoms with Gasteiger partial charge in [-0.2, -0.15) is 5.10 Å². The number of benzene rings is 1. The molecule has 0 saturated heterocycles. The topological polar surface area (TPSA) is 63.6 Å². The maximum atomic E-state index is 11.8. The first kappa shape index (κ1) is 15.7. The zero-order valence-corrected chi connectivity index (χ0v) is 12.9. The number of nitrogens with one attached hydrogen (secondary N) is 1. The monoisotopic (exact) mass is 313 g/mol. The second-order valence-corrected chi connectivity index (χ2v) is 5.42. The van der Waals surface area contributed by atoms with Gasteiger partial charge in [-0.3, -0.25) is 4.79 Å². The Labute approximate surface area is 133 Å². The molecule has 1 heterocycles. The van der Waals surface area contributed by atoms with Crippen LogP contribution in [0.1, 0.15) is 16.3 Å². The van der Waals surface area contributed by atoms with Crippen LogP contribution in [-0.4, -0.2) is 23.7 Å². The minimum Gasteiger partial charge on any atom is -0.480 e. The van der Waals surface area contributed by atoms with Crippen molar-refractivity contribution in [3.8, 4) is 18.1 Å². The van der Waals surface area contributed by atoms with Crippen LogP contribution >= 0.6 is 11.3 Å². The predicted octanol–water partition coefficient (Wildman–Crippen LogP) is 2.16. The van der Waals surface area contributed by atoms with Gasteiger partial charge >= 0.3 is 0 Å². The molecule has 0 spiro atoms. The van der Waals surface area contributed by atoms with E-state index in [-0.39, 0.29) is 18.9 Å². The van der Waals surface area contributed by atoms with Crippen molar-refractivity contribution in [2.24, 2.45) is 5.10 Å². The highest BCUT2D eigenvalue weighted by Gasteiger charge is 2.05. The first-order valence-electron chi connectivity index (χ1n) is 6.57. The molecular formula is C16H15N3O2S. The van der Waals surface area contributed by atoms with Gasteiger partial charge in [0.15, 0.2) is 0 Å². The van der Waals surface area contributed by atoms with E-state index >= 15 is 0 Å². The summed E-state index contributed by atoms with van der Waals surface area (Å²) in [5.74, 6) is 2.80. The van der Waals surface area contributed by atoms with Crippen LogP contribution in [0.4, 0.5) is 0 Å². The molecule has 0 aliphatic rings. The van der Waals surface area contributed by atoms with Gasteiger partial charge in [0.2, 0.25) is 5.91 Å². The molecule has 0 fully saturated rings. The highest BCUT2D eigenvalue weighted by molar-refractivity contribution is 7.09. The number of amides is 1. The van der Waals surface area contributed by atoms with Crippen molar-refractivity contribution in [2.75, 3.05) is 6.61 Å². The van der Waals surface area contributed by atoms with Gasteiger partial charge < -0.3 is 4.74 Å². The van der Waals surface area contributed by atoms with Crippen LogP contribution in [0.25, 0.3) is 0 Å². The predicted molar refractivity (Wildman–Crippen MR) is 87.1 cm³/mol. The molecule has 0 aliphatic carbocycles. The van der Waals surface area contributed by atoms with Gasteiger partial charge in [-0.1, -0.05) is 18.1 Å². The molecule has 6 heteroatoms. The lowest BCUT2D eigenvalue weighted by molar-refractivity contribution is -0.120. The molecule has 0 radical (unpaired) electrons. The summed E-state index contributed by atoms with van der Waals surface area (Å²) in [7, 11) is 0. The maximum Gasteiger partial charge on any atom is 0.246 e. The molecular weight excluding hydrogens is 298 g/mol. The molecule has 0 aliphatic heterocycles. The van der Waals surface area contributed by atoms with Gasteiger partial charge in [0, 0.05) is 10.9 Å². The first-order chi connectivity index (χ1) is 10.7. The number of terminal acetylenes is 1. The number of hydrazone groups is 1. The van der Waals surface area contributed by atoms with Crippen LogP contribution in [0.5, 0.6) is 5.75 Å². The Morgan fingerprint density at radius 3 is 3.09 bits per heavy atom. The van der Waals surface area contributed by atoms with Crippen LogP contribution in [0.3, 0.4) is 0 Å². The Morgan fingerprint density at radius 1 is 1.55 bits per heavy atom. The van der Waals surface area contributed by atoms with Crippen LogP contribution < -0.4 is 10.2 Å². The van der Waals surface area contributed by atoms with Gasteiger partial charge in [-0.15, -0.1) is 17.8 Å². The molecule has 2 aromatic rings. The number of rotatable bonds is 6. The summed E-state index contributed by atoms with van der Waals surface area (Å²) in [6.45, 7) is 2.08. The Bertz CT molecular complexity index is 716. The van der Waals surface area contributed by atoms with E-state index in [1.54, 1.807) is 6.07 Å². The van der Waals surface area contributed by atoms with Crippen LogP contribution in [0.2, 0.25) is 0 Å². The molecule has 0 bridgehead atoms. The van der Waals surface area contributed by atoms with E-state index in [1.807, 2.05) is 30.5 Å². The zero-order valence-electron chi connectivity index (χ0n) is 12.1. The Kier molecular flexibility index (Phi) is 5.69. The normalized spacial score (nSPS) is 10.4. The molecule has 22 heavy (non-hydrogen) atoms. The summed E-state index contributed by atoms with van der Waals surface area (Å²) in [4.78, 5) is 16.0. The molecule has 1 amide bonds. The van der Waals surface area contributed by atoms with Gasteiger partial charge in [-0.25, -0.2) is 10.4 Å². The van der Waals surface area contributed by atoms with Crippen molar-refractivity contribution in [3.05, 3.63) is 45.9 Å². The quantitative estimate of drug-likeness (QED) is 0.505. The lowest BCUT2D eigenvalue weighted by atomic mass is 10.2. The van der Waals surface area contributed by atoms with Gasteiger partial charge in [0.05, 0.1) is 23.3 Å². The number of aryl methyl sites for hydroxylation is 1. The second-order valence-electron chi connectivity index (χ2n) is 4.36. The van der Waals surface area contributed by atoms with Gasteiger partial charge in [0.25, 0.3) is 0 Å². The summed E-state index contributed by atoms with van der Waals surface area (Å²) < 4.78 is 5.39. The maximum absolute atomic E-state index is 11.8. The fraction of sp³-hybridized carbons (Fsp3) is 0.188. The number of nitrogens with zero attached hydrogens (tertiary/aromatic N) is 2. The molecule has 2 rings (SSSR count). The summed E-state index contributed by atoms with van der Waals surface area (Å²) in [5, 5.41) is 6.73. The number of carbonyl (C=O) groups is 1. The van der Waals surface area contributed by atoms with E-state index in [1.165, 1.54) is 17.6 Å². The second kappa shape index (κ2) is 7.96. The lowest BCUT2D eigenvalue weighted by Crippen LogP contribution is -2.20. The van der Waals surface area contributed by atoms with E-state index in [2.05, 4.69) is 21.4 Å². The number of aromatic nitrogens is 1. The fourth-order valence-corrected chi connectivity index (χ4v) is 2.32. The molecule has 0 saturated carbocycles. The fourth-order valence-electron chi connectivity index (χ4n) is 1.71. The van der Waals surface area contributed by atoms with Crippen molar-refractivity contribution >= 4 is 23.5 Å². The highest BCUT2D eigenvalue weighted by Crippen LogP contribution is 2.15. The highest BCUT2D eigenvalue weighted by atomic mass is 32.1. The third-order valence-corrected chi connectivity index (χ3v) is 3.45. The SMILES string of the molecule is C#CCOc1ccccc1/C=N\NC(=O)Cc1csc(C)n1.